The number of rotatable bonds is 11. The molecule has 0 radical (unpaired) electrons. The molecular formula is C31H27N5O6S2. The van der Waals surface area contributed by atoms with E-state index in [1.807, 2.05) is 6.07 Å². The van der Waals surface area contributed by atoms with Gasteiger partial charge in [0.1, 0.15) is 5.75 Å². The fraction of sp³-hybridized carbons (Fsp3) is 0.0645. The van der Waals surface area contributed by atoms with Gasteiger partial charge in [-0.1, -0.05) is 42.5 Å². The summed E-state index contributed by atoms with van der Waals surface area (Å²) in [5.74, 6) is -0.164. The summed E-state index contributed by atoms with van der Waals surface area (Å²) >= 11 is 0. The molecule has 0 unspecified atom stereocenters. The number of amides is 1. The predicted molar refractivity (Wildman–Crippen MR) is 166 cm³/mol. The van der Waals surface area contributed by atoms with E-state index in [0.717, 1.165) is 0 Å². The summed E-state index contributed by atoms with van der Waals surface area (Å²) in [6.45, 7) is -0.0375. The third-order valence-electron chi connectivity index (χ3n) is 6.45. The first kappa shape index (κ1) is 30.2. The van der Waals surface area contributed by atoms with Crippen LogP contribution in [0.3, 0.4) is 0 Å². The second kappa shape index (κ2) is 12.9. The topological polar surface area (TPSA) is 148 Å². The number of sulfonamides is 2. The van der Waals surface area contributed by atoms with Crippen LogP contribution in [0.15, 0.2) is 131 Å². The van der Waals surface area contributed by atoms with Crippen LogP contribution in [-0.4, -0.2) is 39.8 Å². The van der Waals surface area contributed by atoms with Crippen molar-refractivity contribution in [1.29, 1.82) is 0 Å². The van der Waals surface area contributed by atoms with Crippen LogP contribution in [0.1, 0.15) is 15.9 Å². The number of ether oxygens (including phenoxy) is 1. The number of para-hydroxylation sites is 1. The molecule has 0 saturated heterocycles. The smallest absolute Gasteiger partial charge is 0.264 e. The van der Waals surface area contributed by atoms with Crippen LogP contribution in [0.4, 0.5) is 17.3 Å². The molecule has 4 aromatic carbocycles. The summed E-state index contributed by atoms with van der Waals surface area (Å²) in [4.78, 5) is 21.2. The zero-order valence-electron chi connectivity index (χ0n) is 23.4. The Morgan fingerprint density at radius 1 is 0.750 bits per heavy atom. The molecule has 0 saturated carbocycles. The van der Waals surface area contributed by atoms with Gasteiger partial charge in [-0.15, -0.1) is 0 Å². The number of nitrogens with one attached hydrogen (secondary N) is 2. The molecule has 44 heavy (non-hydrogen) atoms. The van der Waals surface area contributed by atoms with Crippen molar-refractivity contribution in [2.45, 2.75) is 16.3 Å². The Balaban J connectivity index is 1.44. The predicted octanol–water partition coefficient (Wildman–Crippen LogP) is 4.93. The summed E-state index contributed by atoms with van der Waals surface area (Å²) in [5, 5.41) is 2.74. The minimum absolute atomic E-state index is 0.0238. The fourth-order valence-electron chi connectivity index (χ4n) is 4.25. The molecule has 13 heteroatoms. The molecule has 0 fully saturated rings. The van der Waals surface area contributed by atoms with Crippen LogP contribution in [0.5, 0.6) is 5.75 Å². The van der Waals surface area contributed by atoms with E-state index in [1.54, 1.807) is 60.7 Å². The van der Waals surface area contributed by atoms with E-state index < -0.39 is 26.0 Å². The number of hydrogen-bond donors (Lipinski definition) is 2. The van der Waals surface area contributed by atoms with E-state index >= 15 is 0 Å². The Hall–Kier alpha value is -5.27. The Labute approximate surface area is 255 Å². The molecule has 224 valence electrons. The Kier molecular flexibility index (Phi) is 8.88. The van der Waals surface area contributed by atoms with Gasteiger partial charge in [-0.05, 0) is 72.3 Å². The zero-order chi connectivity index (χ0) is 31.2. The molecule has 0 atom stereocenters. The number of carbonyl (C=O) groups is 1. The standard InChI is InChI=1S/C31H27N5O6S2/c1-42-25-14-18-27(19-15-25)44(40,41)36(22-23-8-3-2-4-9-23)29-11-6-5-10-28(29)30(37)34-24-12-16-26(17-13-24)43(38,39)35-31-32-20-7-21-33-31/h2-21H,22H2,1H3,(H,34,37)(H,32,33,35). The van der Waals surface area contributed by atoms with Crippen molar-refractivity contribution in [3.05, 3.63) is 133 Å². The number of nitrogens with zero attached hydrogens (tertiary/aromatic N) is 3. The minimum Gasteiger partial charge on any atom is -0.497 e. The largest absolute Gasteiger partial charge is 0.497 e. The lowest BCUT2D eigenvalue weighted by Crippen LogP contribution is -2.32. The van der Waals surface area contributed by atoms with Crippen LogP contribution < -0.4 is 19.1 Å². The maximum Gasteiger partial charge on any atom is 0.264 e. The van der Waals surface area contributed by atoms with E-state index in [-0.39, 0.29) is 33.5 Å². The van der Waals surface area contributed by atoms with Gasteiger partial charge in [0, 0.05) is 18.1 Å². The Bertz CT molecular complexity index is 1960. The Morgan fingerprint density at radius 3 is 2.02 bits per heavy atom. The van der Waals surface area contributed by atoms with E-state index in [0.29, 0.717) is 17.0 Å². The average Bonchev–Trinajstić information content (AvgIpc) is 3.04. The van der Waals surface area contributed by atoms with Crippen molar-refractivity contribution in [2.75, 3.05) is 21.5 Å². The number of anilines is 3. The van der Waals surface area contributed by atoms with Gasteiger partial charge in [-0.3, -0.25) is 9.10 Å². The highest BCUT2D eigenvalue weighted by Gasteiger charge is 2.29. The van der Waals surface area contributed by atoms with Gasteiger partial charge in [-0.2, -0.15) is 0 Å². The summed E-state index contributed by atoms with van der Waals surface area (Å²) in [7, 11) is -6.63. The third-order valence-corrected chi connectivity index (χ3v) is 9.57. The van der Waals surface area contributed by atoms with Crippen molar-refractivity contribution in [3.63, 3.8) is 0 Å². The summed E-state index contributed by atoms with van der Waals surface area (Å²) < 4.78 is 62.1. The highest BCUT2D eigenvalue weighted by molar-refractivity contribution is 7.93. The van der Waals surface area contributed by atoms with Gasteiger partial charge < -0.3 is 10.1 Å². The van der Waals surface area contributed by atoms with E-state index in [1.165, 1.54) is 66.3 Å². The van der Waals surface area contributed by atoms with Crippen molar-refractivity contribution >= 4 is 43.3 Å². The van der Waals surface area contributed by atoms with Gasteiger partial charge >= 0.3 is 0 Å². The monoisotopic (exact) mass is 629 g/mol. The molecule has 0 aliphatic carbocycles. The first-order valence-corrected chi connectivity index (χ1v) is 16.1. The highest BCUT2D eigenvalue weighted by atomic mass is 32.2. The maximum atomic E-state index is 14.0. The normalized spacial score (nSPS) is 11.4. The lowest BCUT2D eigenvalue weighted by atomic mass is 10.1. The molecule has 1 heterocycles. The molecular weight excluding hydrogens is 603 g/mol. The highest BCUT2D eigenvalue weighted by Crippen LogP contribution is 2.31. The van der Waals surface area contributed by atoms with Gasteiger partial charge in [0.15, 0.2) is 0 Å². The summed E-state index contributed by atoms with van der Waals surface area (Å²) in [6.07, 6.45) is 2.81. The van der Waals surface area contributed by atoms with Gasteiger partial charge in [-0.25, -0.2) is 31.5 Å². The van der Waals surface area contributed by atoms with E-state index in [2.05, 4.69) is 20.0 Å². The molecule has 0 bridgehead atoms. The van der Waals surface area contributed by atoms with Crippen molar-refractivity contribution in [3.8, 4) is 5.75 Å². The van der Waals surface area contributed by atoms with Crippen molar-refractivity contribution in [1.82, 2.24) is 9.97 Å². The van der Waals surface area contributed by atoms with Crippen molar-refractivity contribution < 1.29 is 26.4 Å². The molecule has 0 aliphatic rings. The van der Waals surface area contributed by atoms with Crippen molar-refractivity contribution in [2.24, 2.45) is 0 Å². The quantitative estimate of drug-likeness (QED) is 0.209. The van der Waals surface area contributed by atoms with Crippen LogP contribution in [0.25, 0.3) is 0 Å². The molecule has 0 aliphatic heterocycles. The number of carbonyl (C=O) groups excluding carboxylic acids is 1. The molecule has 5 rings (SSSR count). The molecule has 11 nitrogen and oxygen atoms in total. The SMILES string of the molecule is COc1ccc(S(=O)(=O)N(Cc2ccccc2)c2ccccc2C(=O)Nc2ccc(S(=O)(=O)Nc3ncccn3)cc2)cc1. The van der Waals surface area contributed by atoms with Gasteiger partial charge in [0.25, 0.3) is 26.0 Å². The lowest BCUT2D eigenvalue weighted by molar-refractivity contribution is 0.102. The number of hydrogen-bond acceptors (Lipinski definition) is 8. The number of aromatic nitrogens is 2. The average molecular weight is 630 g/mol. The maximum absolute atomic E-state index is 14.0. The van der Waals surface area contributed by atoms with Crippen LogP contribution in [-0.2, 0) is 26.6 Å². The van der Waals surface area contributed by atoms with Crippen LogP contribution in [0.2, 0.25) is 0 Å². The molecule has 5 aromatic rings. The minimum atomic E-state index is -4.14. The van der Waals surface area contributed by atoms with E-state index in [9.17, 15) is 21.6 Å². The van der Waals surface area contributed by atoms with Gasteiger partial charge in [0.05, 0.1) is 34.7 Å². The first-order valence-electron chi connectivity index (χ1n) is 13.2. The van der Waals surface area contributed by atoms with Gasteiger partial charge in [0.2, 0.25) is 5.95 Å². The molecule has 2 N–H and O–H groups in total. The molecule has 0 spiro atoms. The van der Waals surface area contributed by atoms with Crippen LogP contribution >= 0.6 is 0 Å². The zero-order valence-corrected chi connectivity index (χ0v) is 25.0. The fourth-order valence-corrected chi connectivity index (χ4v) is 6.68. The van der Waals surface area contributed by atoms with E-state index in [4.69, 9.17) is 4.74 Å². The first-order chi connectivity index (χ1) is 21.2. The second-order valence-corrected chi connectivity index (χ2v) is 12.9. The molecule has 1 amide bonds. The number of methoxy groups -OCH3 is 1. The summed E-state index contributed by atoms with van der Waals surface area (Å²) in [5.41, 5.74) is 1.27. The third kappa shape index (κ3) is 6.85. The molecule has 1 aromatic heterocycles. The number of benzene rings is 4. The summed E-state index contributed by atoms with van der Waals surface area (Å²) in [6, 6.07) is 28.5. The second-order valence-electron chi connectivity index (χ2n) is 9.35. The van der Waals surface area contributed by atoms with Crippen LogP contribution in [0, 0.1) is 0 Å². The lowest BCUT2D eigenvalue weighted by Gasteiger charge is -2.26. The Morgan fingerprint density at radius 2 is 1.36 bits per heavy atom.